The number of nitrogens with one attached hydrogen (secondary N) is 1. The average Bonchev–Trinajstić information content (AvgIpc) is 2.84. The molecule has 0 saturated carbocycles. The van der Waals surface area contributed by atoms with Crippen LogP contribution < -0.4 is 5.32 Å². The minimum atomic E-state index is 0.0319. The number of hydrogen-bond donors (Lipinski definition) is 1. The van der Waals surface area contributed by atoms with Gasteiger partial charge in [-0.3, -0.25) is 4.79 Å². The summed E-state index contributed by atoms with van der Waals surface area (Å²) in [7, 11) is 0. The van der Waals surface area contributed by atoms with E-state index in [4.69, 9.17) is 0 Å². The maximum absolute atomic E-state index is 12.3. The van der Waals surface area contributed by atoms with Gasteiger partial charge in [0.25, 0.3) is 5.91 Å². The van der Waals surface area contributed by atoms with Crippen LogP contribution >= 0.6 is 0 Å². The summed E-state index contributed by atoms with van der Waals surface area (Å²) in [5.74, 6) is 0.0319. The first kappa shape index (κ1) is 12.4. The molecule has 0 aromatic heterocycles. The van der Waals surface area contributed by atoms with E-state index in [1.165, 1.54) is 5.56 Å². The Hall–Kier alpha value is -2.03. The molecule has 1 N–H and O–H groups in total. The summed E-state index contributed by atoms with van der Waals surface area (Å²) in [6.45, 7) is 9.39. The van der Waals surface area contributed by atoms with Gasteiger partial charge in [-0.15, -0.1) is 13.2 Å². The Labute approximate surface area is 108 Å². The Kier molecular flexibility index (Phi) is 3.82. The summed E-state index contributed by atoms with van der Waals surface area (Å²) in [6.07, 6.45) is 4.45. The molecule has 18 heavy (non-hydrogen) atoms. The van der Waals surface area contributed by atoms with Crippen molar-refractivity contribution < 1.29 is 4.79 Å². The minimum Gasteiger partial charge on any atom is -0.384 e. The zero-order valence-electron chi connectivity index (χ0n) is 10.5. The average molecular weight is 242 g/mol. The number of hydrogen-bond acceptors (Lipinski definition) is 2. The van der Waals surface area contributed by atoms with E-state index in [2.05, 4.69) is 18.5 Å². The lowest BCUT2D eigenvalue weighted by atomic mass is 10.1. The van der Waals surface area contributed by atoms with E-state index in [1.54, 1.807) is 17.1 Å². The number of carbonyl (C=O) groups is 1. The van der Waals surface area contributed by atoms with Crippen molar-refractivity contribution in [3.05, 3.63) is 54.6 Å². The lowest BCUT2D eigenvalue weighted by molar-refractivity contribution is 0.0791. The Morgan fingerprint density at radius 2 is 2.06 bits per heavy atom. The molecule has 0 bridgehead atoms. The molecule has 1 aromatic carbocycles. The van der Waals surface area contributed by atoms with E-state index < -0.39 is 0 Å². The molecule has 1 aliphatic heterocycles. The van der Waals surface area contributed by atoms with Gasteiger partial charge in [0, 0.05) is 30.9 Å². The van der Waals surface area contributed by atoms with Crippen molar-refractivity contribution >= 4 is 11.6 Å². The van der Waals surface area contributed by atoms with Gasteiger partial charge in [-0.25, -0.2) is 0 Å². The second-order valence-corrected chi connectivity index (χ2v) is 4.34. The van der Waals surface area contributed by atoms with Crippen molar-refractivity contribution in [2.24, 2.45) is 0 Å². The minimum absolute atomic E-state index is 0.0319. The number of nitrogens with zero attached hydrogens (tertiary/aromatic N) is 1. The van der Waals surface area contributed by atoms with Crippen LogP contribution in [-0.4, -0.2) is 30.4 Å². The predicted molar refractivity (Wildman–Crippen MR) is 74.9 cm³/mol. The Bertz CT molecular complexity index is 469. The van der Waals surface area contributed by atoms with Gasteiger partial charge in [-0.05, 0) is 30.2 Å². The largest absolute Gasteiger partial charge is 0.384 e. The van der Waals surface area contributed by atoms with Crippen LogP contribution in [0.5, 0.6) is 0 Å². The molecule has 3 heteroatoms. The quantitative estimate of drug-likeness (QED) is 0.804. The van der Waals surface area contributed by atoms with E-state index >= 15 is 0 Å². The van der Waals surface area contributed by atoms with Crippen LogP contribution in [0.25, 0.3) is 0 Å². The van der Waals surface area contributed by atoms with Crippen molar-refractivity contribution in [2.45, 2.75) is 6.42 Å². The fourth-order valence-electron chi connectivity index (χ4n) is 2.17. The monoisotopic (exact) mass is 242 g/mol. The third-order valence-corrected chi connectivity index (χ3v) is 3.05. The second-order valence-electron chi connectivity index (χ2n) is 4.34. The van der Waals surface area contributed by atoms with E-state index in [0.717, 1.165) is 24.2 Å². The van der Waals surface area contributed by atoms with Gasteiger partial charge in [-0.1, -0.05) is 12.2 Å². The van der Waals surface area contributed by atoms with E-state index in [0.29, 0.717) is 13.1 Å². The highest BCUT2D eigenvalue weighted by atomic mass is 16.2. The van der Waals surface area contributed by atoms with Gasteiger partial charge in [0.15, 0.2) is 0 Å². The molecule has 1 aromatic rings. The van der Waals surface area contributed by atoms with Crippen molar-refractivity contribution in [3.8, 4) is 0 Å². The summed E-state index contributed by atoms with van der Waals surface area (Å²) in [4.78, 5) is 14.1. The molecule has 1 aliphatic rings. The molecule has 0 aliphatic carbocycles. The zero-order valence-corrected chi connectivity index (χ0v) is 10.5. The van der Waals surface area contributed by atoms with Gasteiger partial charge in [0.05, 0.1) is 0 Å². The van der Waals surface area contributed by atoms with Crippen LogP contribution in [0.4, 0.5) is 5.69 Å². The summed E-state index contributed by atoms with van der Waals surface area (Å²) in [6, 6.07) is 5.84. The smallest absolute Gasteiger partial charge is 0.254 e. The van der Waals surface area contributed by atoms with Gasteiger partial charge in [0.1, 0.15) is 0 Å². The Morgan fingerprint density at radius 3 is 2.72 bits per heavy atom. The highest BCUT2D eigenvalue weighted by molar-refractivity contribution is 5.95. The molecule has 94 valence electrons. The van der Waals surface area contributed by atoms with Gasteiger partial charge in [-0.2, -0.15) is 0 Å². The molecule has 0 saturated heterocycles. The molecule has 1 amide bonds. The van der Waals surface area contributed by atoms with Gasteiger partial charge < -0.3 is 10.2 Å². The summed E-state index contributed by atoms with van der Waals surface area (Å²) in [5.41, 5.74) is 3.10. The highest BCUT2D eigenvalue weighted by Crippen LogP contribution is 2.23. The Balaban J connectivity index is 2.21. The maximum Gasteiger partial charge on any atom is 0.254 e. The number of fused-ring (bicyclic) bond motifs is 1. The maximum atomic E-state index is 12.3. The fourth-order valence-corrected chi connectivity index (χ4v) is 2.17. The number of rotatable bonds is 5. The van der Waals surface area contributed by atoms with Gasteiger partial charge >= 0.3 is 0 Å². The third kappa shape index (κ3) is 2.45. The first-order valence-electron chi connectivity index (χ1n) is 6.14. The molecule has 3 nitrogen and oxygen atoms in total. The molecule has 1 heterocycles. The van der Waals surface area contributed by atoms with Crippen LogP contribution in [-0.2, 0) is 6.42 Å². The van der Waals surface area contributed by atoms with Crippen LogP contribution in [0, 0.1) is 0 Å². The van der Waals surface area contributed by atoms with Gasteiger partial charge in [0.2, 0.25) is 0 Å². The third-order valence-electron chi connectivity index (χ3n) is 3.05. The standard InChI is InChI=1S/C15H18N2O/c1-3-9-17(10-4-2)15(18)13-5-6-14-12(11-13)7-8-16-14/h3-6,11,16H,1-2,7-10H2. The van der Waals surface area contributed by atoms with Crippen LogP contribution in [0.3, 0.4) is 0 Å². The SMILES string of the molecule is C=CCN(CC=C)C(=O)c1ccc2c(c1)CCN2. The summed E-state index contributed by atoms with van der Waals surface area (Å²) < 4.78 is 0. The summed E-state index contributed by atoms with van der Waals surface area (Å²) >= 11 is 0. The topological polar surface area (TPSA) is 32.3 Å². The molecular weight excluding hydrogens is 224 g/mol. The molecule has 2 rings (SSSR count). The van der Waals surface area contributed by atoms with Crippen molar-refractivity contribution in [3.63, 3.8) is 0 Å². The molecular formula is C15H18N2O. The predicted octanol–water partition coefficient (Wildman–Crippen LogP) is 2.47. The normalized spacial score (nSPS) is 12.4. The van der Waals surface area contributed by atoms with E-state index in [1.807, 2.05) is 18.2 Å². The number of benzene rings is 1. The number of anilines is 1. The van der Waals surface area contributed by atoms with Crippen molar-refractivity contribution in [1.82, 2.24) is 4.90 Å². The summed E-state index contributed by atoms with van der Waals surface area (Å²) in [5, 5.41) is 3.29. The highest BCUT2D eigenvalue weighted by Gasteiger charge is 2.16. The number of amides is 1. The first-order valence-corrected chi connectivity index (χ1v) is 6.14. The van der Waals surface area contributed by atoms with E-state index in [9.17, 15) is 4.79 Å². The molecule has 0 spiro atoms. The van der Waals surface area contributed by atoms with Crippen LogP contribution in [0.1, 0.15) is 15.9 Å². The zero-order chi connectivity index (χ0) is 13.0. The lowest BCUT2D eigenvalue weighted by Gasteiger charge is -2.19. The molecule has 0 fully saturated rings. The Morgan fingerprint density at radius 1 is 1.33 bits per heavy atom. The van der Waals surface area contributed by atoms with Crippen LogP contribution in [0.2, 0.25) is 0 Å². The van der Waals surface area contributed by atoms with Crippen LogP contribution in [0.15, 0.2) is 43.5 Å². The van der Waals surface area contributed by atoms with Crippen molar-refractivity contribution in [1.29, 1.82) is 0 Å². The fraction of sp³-hybridized carbons (Fsp3) is 0.267. The molecule has 0 atom stereocenters. The second kappa shape index (κ2) is 5.54. The molecule has 0 radical (unpaired) electrons. The van der Waals surface area contributed by atoms with E-state index in [-0.39, 0.29) is 5.91 Å². The van der Waals surface area contributed by atoms with Crippen molar-refractivity contribution in [2.75, 3.05) is 25.0 Å². The first-order chi connectivity index (χ1) is 8.76. The lowest BCUT2D eigenvalue weighted by Crippen LogP contribution is -2.31. The molecule has 0 unspecified atom stereocenters. The number of carbonyl (C=O) groups excluding carboxylic acids is 1.